The van der Waals surface area contributed by atoms with Crippen LogP contribution in [0, 0.1) is 17.0 Å². The Morgan fingerprint density at radius 2 is 2.00 bits per heavy atom. The minimum Gasteiger partial charge on any atom is -0.368 e. The van der Waals surface area contributed by atoms with Gasteiger partial charge in [-0.1, -0.05) is 30.3 Å². The van der Waals surface area contributed by atoms with Crippen molar-refractivity contribution in [2.75, 3.05) is 11.1 Å². The van der Waals surface area contributed by atoms with Crippen LogP contribution in [0.5, 0.6) is 0 Å². The number of nitrogens with zero attached hydrogens (tertiary/aromatic N) is 3. The molecule has 0 aliphatic heterocycles. The molecule has 1 unspecified atom stereocenters. The molecule has 0 fully saturated rings. The summed E-state index contributed by atoms with van der Waals surface area (Å²) < 4.78 is 0. The van der Waals surface area contributed by atoms with Crippen molar-refractivity contribution in [3.05, 3.63) is 51.7 Å². The number of hydrogen-bond acceptors (Lipinski definition) is 6. The lowest BCUT2D eigenvalue weighted by Gasteiger charge is -2.15. The minimum absolute atomic E-state index is 0.0208. The first-order valence-corrected chi connectivity index (χ1v) is 6.56. The predicted molar refractivity (Wildman–Crippen MR) is 81.1 cm³/mol. The Balaban J connectivity index is 2.20. The van der Waals surface area contributed by atoms with Gasteiger partial charge >= 0.3 is 5.69 Å². The van der Waals surface area contributed by atoms with Crippen LogP contribution in [0.2, 0.25) is 0 Å². The lowest BCUT2D eigenvalue weighted by molar-refractivity contribution is -0.385. The number of nitrogen functional groups attached to an aromatic ring is 1. The number of aryl methyl sites for hydroxylation is 1. The molecule has 0 amide bonds. The second-order valence-corrected chi connectivity index (χ2v) is 4.86. The molecule has 0 spiro atoms. The molecule has 1 heterocycles. The molecule has 0 saturated carbocycles. The van der Waals surface area contributed by atoms with Gasteiger partial charge in [0.25, 0.3) is 0 Å². The van der Waals surface area contributed by atoms with Crippen molar-refractivity contribution in [3.8, 4) is 0 Å². The molecular formula is C14H17N5O2. The van der Waals surface area contributed by atoms with Gasteiger partial charge in [-0.25, -0.2) is 4.98 Å². The van der Waals surface area contributed by atoms with Crippen LogP contribution in [-0.4, -0.2) is 20.9 Å². The average molecular weight is 287 g/mol. The monoisotopic (exact) mass is 287 g/mol. The van der Waals surface area contributed by atoms with Crippen LogP contribution >= 0.6 is 0 Å². The molecule has 0 aliphatic carbocycles. The number of rotatable bonds is 5. The summed E-state index contributed by atoms with van der Waals surface area (Å²) in [6, 6.07) is 9.84. The maximum absolute atomic E-state index is 11.1. The highest BCUT2D eigenvalue weighted by molar-refractivity contribution is 5.60. The fourth-order valence-electron chi connectivity index (χ4n) is 2.16. The van der Waals surface area contributed by atoms with Crippen molar-refractivity contribution in [1.82, 2.24) is 9.97 Å². The molecule has 2 aromatic rings. The smallest absolute Gasteiger partial charge is 0.332 e. The molecule has 1 aromatic carbocycles. The molecule has 3 N–H and O–H groups in total. The van der Waals surface area contributed by atoms with Crippen LogP contribution < -0.4 is 11.1 Å². The number of benzene rings is 1. The van der Waals surface area contributed by atoms with E-state index in [2.05, 4.69) is 15.3 Å². The third-order valence-electron chi connectivity index (χ3n) is 3.03. The highest BCUT2D eigenvalue weighted by Gasteiger charge is 2.22. The van der Waals surface area contributed by atoms with E-state index in [0.717, 1.165) is 12.0 Å². The van der Waals surface area contributed by atoms with Gasteiger partial charge in [-0.3, -0.25) is 10.1 Å². The minimum atomic E-state index is -0.494. The quantitative estimate of drug-likeness (QED) is 0.645. The van der Waals surface area contributed by atoms with Crippen LogP contribution in [0.1, 0.15) is 18.2 Å². The van der Waals surface area contributed by atoms with Gasteiger partial charge in [-0.15, -0.1) is 0 Å². The van der Waals surface area contributed by atoms with E-state index in [0.29, 0.717) is 0 Å². The normalized spacial score (nSPS) is 11.9. The van der Waals surface area contributed by atoms with Crippen molar-refractivity contribution in [3.63, 3.8) is 0 Å². The molecule has 110 valence electrons. The van der Waals surface area contributed by atoms with E-state index in [1.54, 1.807) is 6.92 Å². The van der Waals surface area contributed by atoms with Gasteiger partial charge < -0.3 is 11.1 Å². The third kappa shape index (κ3) is 3.65. The zero-order valence-electron chi connectivity index (χ0n) is 11.9. The van der Waals surface area contributed by atoms with Gasteiger partial charge in [0.15, 0.2) is 0 Å². The van der Waals surface area contributed by atoms with E-state index in [4.69, 9.17) is 5.73 Å². The zero-order valence-corrected chi connectivity index (χ0v) is 11.9. The second-order valence-electron chi connectivity index (χ2n) is 4.86. The first kappa shape index (κ1) is 14.7. The summed E-state index contributed by atoms with van der Waals surface area (Å²) in [5, 5.41) is 14.2. The Labute approximate surface area is 122 Å². The Morgan fingerprint density at radius 1 is 1.33 bits per heavy atom. The highest BCUT2D eigenvalue weighted by atomic mass is 16.6. The van der Waals surface area contributed by atoms with Gasteiger partial charge in [-0.2, -0.15) is 4.98 Å². The summed E-state index contributed by atoms with van der Waals surface area (Å²) >= 11 is 0. The van der Waals surface area contributed by atoms with Crippen LogP contribution in [-0.2, 0) is 6.42 Å². The second kappa shape index (κ2) is 6.17. The van der Waals surface area contributed by atoms with Crippen molar-refractivity contribution in [2.24, 2.45) is 0 Å². The highest BCUT2D eigenvalue weighted by Crippen LogP contribution is 2.26. The van der Waals surface area contributed by atoms with E-state index < -0.39 is 4.92 Å². The van der Waals surface area contributed by atoms with E-state index in [1.165, 1.54) is 0 Å². The molecule has 1 aromatic heterocycles. The van der Waals surface area contributed by atoms with Gasteiger partial charge in [-0.05, 0) is 25.8 Å². The maximum Gasteiger partial charge on any atom is 0.332 e. The Bertz CT molecular complexity index is 645. The van der Waals surface area contributed by atoms with Crippen LogP contribution in [0.25, 0.3) is 0 Å². The molecule has 0 aliphatic rings. The first-order chi connectivity index (χ1) is 9.97. The standard InChI is InChI=1S/C14H17N5O2/c1-9(8-11-6-4-3-5-7-11)16-13-12(19(20)21)10(2)17-14(15)18-13/h3-7,9H,8H2,1-2H3,(H3,15,16,17,18). The zero-order chi connectivity index (χ0) is 15.4. The van der Waals surface area contributed by atoms with E-state index >= 15 is 0 Å². The number of hydrogen-bond donors (Lipinski definition) is 2. The predicted octanol–water partition coefficient (Wildman–Crippen LogP) is 2.32. The fraction of sp³-hybridized carbons (Fsp3) is 0.286. The summed E-state index contributed by atoms with van der Waals surface area (Å²) in [4.78, 5) is 18.4. The molecule has 0 saturated heterocycles. The number of nitro groups is 1. The summed E-state index contributed by atoms with van der Waals surface area (Å²) in [6.45, 7) is 3.48. The Hall–Kier alpha value is -2.70. The Morgan fingerprint density at radius 3 is 2.62 bits per heavy atom. The largest absolute Gasteiger partial charge is 0.368 e. The number of aromatic nitrogens is 2. The molecule has 0 radical (unpaired) electrons. The number of nitrogens with one attached hydrogen (secondary N) is 1. The number of nitrogens with two attached hydrogens (primary N) is 1. The fourth-order valence-corrected chi connectivity index (χ4v) is 2.16. The molecular weight excluding hydrogens is 270 g/mol. The SMILES string of the molecule is Cc1nc(N)nc(NC(C)Cc2ccccc2)c1[N+](=O)[O-]. The van der Waals surface area contributed by atoms with Crippen LogP contribution in [0.15, 0.2) is 30.3 Å². The number of anilines is 2. The van der Waals surface area contributed by atoms with Crippen molar-refractivity contribution in [1.29, 1.82) is 0 Å². The lowest BCUT2D eigenvalue weighted by Crippen LogP contribution is -2.20. The third-order valence-corrected chi connectivity index (χ3v) is 3.03. The van der Waals surface area contributed by atoms with E-state index in [1.807, 2.05) is 37.3 Å². The summed E-state index contributed by atoms with van der Waals surface area (Å²) in [7, 11) is 0. The van der Waals surface area contributed by atoms with E-state index in [-0.39, 0.29) is 29.2 Å². The molecule has 7 nitrogen and oxygen atoms in total. The Kier molecular flexibility index (Phi) is 4.32. The van der Waals surface area contributed by atoms with Gasteiger partial charge in [0, 0.05) is 6.04 Å². The van der Waals surface area contributed by atoms with Gasteiger partial charge in [0.05, 0.1) is 4.92 Å². The maximum atomic E-state index is 11.1. The van der Waals surface area contributed by atoms with Crippen molar-refractivity contribution < 1.29 is 4.92 Å². The molecule has 1 atom stereocenters. The molecule has 0 bridgehead atoms. The van der Waals surface area contributed by atoms with Crippen molar-refractivity contribution >= 4 is 17.5 Å². The van der Waals surface area contributed by atoms with Crippen LogP contribution in [0.4, 0.5) is 17.5 Å². The van der Waals surface area contributed by atoms with Gasteiger partial charge in [0.1, 0.15) is 5.69 Å². The summed E-state index contributed by atoms with van der Waals surface area (Å²) in [6.07, 6.45) is 0.723. The topological polar surface area (TPSA) is 107 Å². The summed E-state index contributed by atoms with van der Waals surface area (Å²) in [5.74, 6) is 0.181. The average Bonchev–Trinajstić information content (AvgIpc) is 2.38. The van der Waals surface area contributed by atoms with Gasteiger partial charge in [0.2, 0.25) is 11.8 Å². The molecule has 7 heteroatoms. The molecule has 2 rings (SSSR count). The summed E-state index contributed by atoms with van der Waals surface area (Å²) in [5.41, 5.74) is 6.83. The lowest BCUT2D eigenvalue weighted by atomic mass is 10.1. The van der Waals surface area contributed by atoms with Crippen LogP contribution in [0.3, 0.4) is 0 Å². The van der Waals surface area contributed by atoms with E-state index in [9.17, 15) is 10.1 Å². The first-order valence-electron chi connectivity index (χ1n) is 6.56. The van der Waals surface area contributed by atoms with Crippen molar-refractivity contribution in [2.45, 2.75) is 26.3 Å². The molecule has 21 heavy (non-hydrogen) atoms.